The number of imidazole rings is 1. The monoisotopic (exact) mass is 366 g/mol. The lowest BCUT2D eigenvalue weighted by Crippen LogP contribution is -2.52. The Hall–Kier alpha value is -3.27. The molecule has 3 aromatic rings. The fourth-order valence-electron chi connectivity index (χ4n) is 3.34. The van der Waals surface area contributed by atoms with Crippen LogP contribution in [0.1, 0.15) is 18.4 Å². The molecule has 1 amide bonds. The molecule has 1 saturated carbocycles. The smallest absolute Gasteiger partial charge is 0.328 e. The molecule has 10 heteroatoms. The number of carbonyl (C=O) groups is 1. The van der Waals surface area contributed by atoms with Crippen molar-refractivity contribution in [3.63, 3.8) is 0 Å². The van der Waals surface area contributed by atoms with E-state index in [9.17, 15) is 4.79 Å². The van der Waals surface area contributed by atoms with E-state index in [4.69, 9.17) is 4.74 Å². The first-order valence-electron chi connectivity index (χ1n) is 8.78. The van der Waals surface area contributed by atoms with Crippen molar-refractivity contribution in [2.75, 3.05) is 17.7 Å². The predicted octanol–water partition coefficient (Wildman–Crippen LogP) is 1.63. The Labute approximate surface area is 154 Å². The number of carbonyl (C=O) groups excluding carboxylic acids is 1. The van der Waals surface area contributed by atoms with Crippen LogP contribution >= 0.6 is 0 Å². The van der Waals surface area contributed by atoms with Crippen LogP contribution in [-0.2, 0) is 11.3 Å². The second-order valence-electron chi connectivity index (χ2n) is 6.65. The number of nitrogens with zero attached hydrogens (tertiary/aromatic N) is 5. The zero-order chi connectivity index (χ0) is 18.4. The second-order valence-corrected chi connectivity index (χ2v) is 6.65. The van der Waals surface area contributed by atoms with E-state index in [0.29, 0.717) is 29.4 Å². The largest absolute Gasteiger partial charge is 0.386 e. The lowest BCUT2D eigenvalue weighted by molar-refractivity contribution is -0.0324. The van der Waals surface area contributed by atoms with Gasteiger partial charge in [-0.3, -0.25) is 0 Å². The van der Waals surface area contributed by atoms with Crippen molar-refractivity contribution in [1.29, 1.82) is 0 Å². The van der Waals surface area contributed by atoms with Gasteiger partial charge in [0.2, 0.25) is 0 Å². The van der Waals surface area contributed by atoms with Crippen LogP contribution in [0, 0.1) is 0 Å². The average Bonchev–Trinajstić information content (AvgIpc) is 3.08. The summed E-state index contributed by atoms with van der Waals surface area (Å²) in [6, 6.07) is 3.40. The topological polar surface area (TPSA) is 119 Å². The maximum Gasteiger partial charge on any atom is 0.328 e. The molecule has 1 aliphatic carbocycles. The van der Waals surface area contributed by atoms with Gasteiger partial charge in [-0.15, -0.1) is 5.10 Å². The number of hydrogen-bond acceptors (Lipinski definition) is 8. The number of rotatable bonds is 1. The number of nitrogens with one attached hydrogen (secondary N) is 3. The first-order chi connectivity index (χ1) is 13.2. The molecule has 2 atom stereocenters. The van der Waals surface area contributed by atoms with E-state index in [1.165, 1.54) is 10.9 Å². The fraction of sp³-hybridized carbons (Fsp3) is 0.353. The van der Waals surface area contributed by atoms with Crippen LogP contribution in [0.4, 0.5) is 22.1 Å². The van der Waals surface area contributed by atoms with Crippen molar-refractivity contribution in [3.8, 4) is 0 Å². The molecule has 2 aliphatic rings. The van der Waals surface area contributed by atoms with Gasteiger partial charge in [0.1, 0.15) is 17.7 Å². The third-order valence-electron chi connectivity index (χ3n) is 4.94. The molecule has 138 valence electrons. The van der Waals surface area contributed by atoms with Gasteiger partial charge in [-0.2, -0.15) is 5.10 Å². The zero-order valence-corrected chi connectivity index (χ0v) is 14.6. The summed E-state index contributed by atoms with van der Waals surface area (Å²) in [6.45, 7) is 0.409. The van der Waals surface area contributed by atoms with Crippen molar-refractivity contribution in [2.45, 2.75) is 31.6 Å². The van der Waals surface area contributed by atoms with Crippen molar-refractivity contribution in [2.24, 2.45) is 0 Å². The summed E-state index contributed by atoms with van der Waals surface area (Å²) in [7, 11) is 1.80. The van der Waals surface area contributed by atoms with Crippen molar-refractivity contribution in [1.82, 2.24) is 30.0 Å². The lowest BCUT2D eigenvalue weighted by Gasteiger charge is -2.36. The molecule has 3 N–H and O–H groups in total. The first-order valence-corrected chi connectivity index (χ1v) is 8.78. The summed E-state index contributed by atoms with van der Waals surface area (Å²) >= 11 is 0. The molecule has 0 saturated heterocycles. The molecular formula is C17H18N8O2. The zero-order valence-electron chi connectivity index (χ0n) is 14.6. The van der Waals surface area contributed by atoms with Gasteiger partial charge in [0.25, 0.3) is 0 Å². The molecule has 10 nitrogen and oxygen atoms in total. The minimum atomic E-state index is -0.266. The highest BCUT2D eigenvalue weighted by Gasteiger charge is 2.34. The lowest BCUT2D eigenvalue weighted by atomic mass is 9.89. The Morgan fingerprint density at radius 1 is 1.30 bits per heavy atom. The number of anilines is 3. The van der Waals surface area contributed by atoms with Gasteiger partial charge in [-0.25, -0.2) is 19.3 Å². The van der Waals surface area contributed by atoms with Gasteiger partial charge < -0.3 is 20.7 Å². The molecule has 4 bridgehead atoms. The molecule has 0 aromatic carbocycles. The van der Waals surface area contributed by atoms with Gasteiger partial charge in [0.05, 0.1) is 30.6 Å². The van der Waals surface area contributed by atoms with Crippen LogP contribution in [0.25, 0.3) is 11.2 Å². The molecule has 3 aromatic heterocycles. The Morgan fingerprint density at radius 3 is 3.04 bits per heavy atom. The van der Waals surface area contributed by atoms with E-state index in [0.717, 1.165) is 24.1 Å². The molecule has 0 unspecified atom stereocenters. The highest BCUT2D eigenvalue weighted by molar-refractivity contribution is 5.94. The average molecular weight is 366 g/mol. The van der Waals surface area contributed by atoms with E-state index in [2.05, 4.69) is 36.1 Å². The van der Waals surface area contributed by atoms with Gasteiger partial charge in [-0.1, -0.05) is 0 Å². The normalized spacial score (nSPS) is 21.6. The van der Waals surface area contributed by atoms with Gasteiger partial charge in [0.15, 0.2) is 11.5 Å². The standard InChI is InChI=1S/C17H18N8O2/c1-18-11-5-13-22-14-4-9(6-20-24-14)7-27-12-3-2-10(12)21-17(26)25-8-19-15(11)16(25)23-13/h4-6,8,10,12H,2-3,7H2,1H3,(H,21,26)(H2,18,22,23,24)/t10-,12-/m1/s1. The number of fused-ring (bicyclic) bond motifs is 4. The van der Waals surface area contributed by atoms with Crippen LogP contribution in [0.5, 0.6) is 0 Å². The van der Waals surface area contributed by atoms with Crippen LogP contribution in [0.15, 0.2) is 24.7 Å². The molecule has 5 rings (SSSR count). The van der Waals surface area contributed by atoms with Gasteiger partial charge in [-0.05, 0) is 18.9 Å². The molecule has 27 heavy (non-hydrogen) atoms. The minimum Gasteiger partial charge on any atom is -0.386 e. The van der Waals surface area contributed by atoms with Crippen molar-refractivity contribution in [3.05, 3.63) is 30.2 Å². The number of ether oxygens (including phenoxy) is 1. The van der Waals surface area contributed by atoms with Crippen LogP contribution < -0.4 is 16.0 Å². The van der Waals surface area contributed by atoms with E-state index in [-0.39, 0.29) is 18.2 Å². The van der Waals surface area contributed by atoms with Crippen LogP contribution in [-0.4, -0.2) is 50.0 Å². The third-order valence-corrected chi connectivity index (χ3v) is 4.94. The Kier molecular flexibility index (Phi) is 3.64. The molecule has 1 fully saturated rings. The SMILES string of the molecule is CNc1cc2nc3c1ncn3C(=O)N[C@@H]1CC[C@H]1OCc1cnnc(c1)N2. The highest BCUT2D eigenvalue weighted by atomic mass is 16.5. The van der Waals surface area contributed by atoms with E-state index < -0.39 is 0 Å². The number of amides is 1. The third kappa shape index (κ3) is 2.74. The summed E-state index contributed by atoms with van der Waals surface area (Å²) in [4.78, 5) is 21.7. The fourth-order valence-corrected chi connectivity index (χ4v) is 3.34. The summed E-state index contributed by atoms with van der Waals surface area (Å²) in [6.07, 6.45) is 4.93. The maximum atomic E-state index is 12.8. The minimum absolute atomic E-state index is 0.0207. The quantitative estimate of drug-likeness (QED) is 0.594. The molecular weight excluding hydrogens is 348 g/mol. The second kappa shape index (κ2) is 6.16. The number of hydrogen-bond donors (Lipinski definition) is 3. The molecule has 4 heterocycles. The van der Waals surface area contributed by atoms with Crippen LogP contribution in [0.2, 0.25) is 0 Å². The maximum absolute atomic E-state index is 12.8. The van der Waals surface area contributed by atoms with E-state index in [1.54, 1.807) is 13.2 Å². The summed E-state index contributed by atoms with van der Waals surface area (Å²) < 4.78 is 7.38. The van der Waals surface area contributed by atoms with Gasteiger partial charge >= 0.3 is 6.03 Å². The van der Waals surface area contributed by atoms with Crippen LogP contribution in [0.3, 0.4) is 0 Å². The first kappa shape index (κ1) is 15.9. The Bertz CT molecular complexity index is 1030. The molecule has 0 radical (unpaired) electrons. The number of aromatic nitrogens is 5. The molecule has 1 aliphatic heterocycles. The summed E-state index contributed by atoms with van der Waals surface area (Å²) in [5.41, 5.74) is 2.74. The van der Waals surface area contributed by atoms with Crippen molar-refractivity contribution >= 4 is 34.5 Å². The predicted molar refractivity (Wildman–Crippen MR) is 97.9 cm³/mol. The summed E-state index contributed by atoms with van der Waals surface area (Å²) in [5.74, 6) is 1.09. The summed E-state index contributed by atoms with van der Waals surface area (Å²) in [5, 5.41) is 17.4. The highest BCUT2D eigenvalue weighted by Crippen LogP contribution is 2.28. The Morgan fingerprint density at radius 2 is 2.22 bits per heavy atom. The van der Waals surface area contributed by atoms with E-state index in [1.807, 2.05) is 12.1 Å². The van der Waals surface area contributed by atoms with E-state index >= 15 is 0 Å². The number of pyridine rings is 1. The molecule has 0 spiro atoms. The van der Waals surface area contributed by atoms with Gasteiger partial charge in [0, 0.05) is 18.7 Å². The Balaban J connectivity index is 1.64. The van der Waals surface area contributed by atoms with Crippen molar-refractivity contribution < 1.29 is 9.53 Å².